The van der Waals surface area contributed by atoms with E-state index in [1.807, 2.05) is 4.90 Å². The van der Waals surface area contributed by atoms with Crippen LogP contribution in [0.25, 0.3) is 22.3 Å². The number of rotatable bonds is 3. The first-order chi connectivity index (χ1) is 15.6. The summed E-state index contributed by atoms with van der Waals surface area (Å²) >= 11 is 0. The van der Waals surface area contributed by atoms with Crippen LogP contribution in [-0.4, -0.2) is 71.6 Å². The molecule has 9 heteroatoms. The van der Waals surface area contributed by atoms with Crippen molar-refractivity contribution in [1.29, 1.82) is 0 Å². The van der Waals surface area contributed by atoms with Gasteiger partial charge < -0.3 is 24.4 Å². The van der Waals surface area contributed by atoms with Crippen molar-refractivity contribution in [3.63, 3.8) is 0 Å². The van der Waals surface area contributed by atoms with Crippen LogP contribution in [0, 0.1) is 5.82 Å². The molecule has 5 rings (SSSR count). The van der Waals surface area contributed by atoms with Gasteiger partial charge in [-0.15, -0.1) is 0 Å². The molecule has 3 aromatic rings. The van der Waals surface area contributed by atoms with Crippen LogP contribution in [0.1, 0.15) is 6.42 Å². The second kappa shape index (κ2) is 8.58. The molecule has 0 spiro atoms. The Morgan fingerprint density at radius 1 is 1.12 bits per heavy atom. The maximum atomic E-state index is 14.0. The van der Waals surface area contributed by atoms with Crippen molar-refractivity contribution < 1.29 is 23.8 Å². The molecule has 2 fully saturated rings. The molecule has 2 saturated heterocycles. The molecule has 0 radical (unpaired) electrons. The molecule has 0 saturated carbocycles. The van der Waals surface area contributed by atoms with E-state index in [0.29, 0.717) is 67.5 Å². The third-order valence-electron chi connectivity index (χ3n) is 5.78. The highest BCUT2D eigenvalue weighted by atomic mass is 19.1. The molecule has 1 N–H and O–H groups in total. The predicted octanol–water partition coefficient (Wildman–Crippen LogP) is 3.19. The molecule has 2 aromatic carbocycles. The fourth-order valence-electron chi connectivity index (χ4n) is 4.03. The summed E-state index contributed by atoms with van der Waals surface area (Å²) < 4.78 is 24.8. The summed E-state index contributed by atoms with van der Waals surface area (Å²) in [6.07, 6.45) is 0.198. The zero-order valence-electron chi connectivity index (χ0n) is 17.4. The number of aromatic nitrogens is 2. The SMILES string of the molecule is O=C(O[C@@H]1CCOC1)N1CCN(c2nc(-c3ccccc3O)nc3ccc(F)cc23)CC1. The molecule has 0 unspecified atom stereocenters. The van der Waals surface area contributed by atoms with Crippen LogP contribution in [0.5, 0.6) is 5.75 Å². The van der Waals surface area contributed by atoms with Gasteiger partial charge in [-0.25, -0.2) is 19.2 Å². The van der Waals surface area contributed by atoms with E-state index in [-0.39, 0.29) is 23.8 Å². The van der Waals surface area contributed by atoms with Gasteiger partial charge in [0, 0.05) is 38.0 Å². The van der Waals surface area contributed by atoms with E-state index >= 15 is 0 Å². The number of phenolic OH excluding ortho intramolecular Hbond substituents is 1. The van der Waals surface area contributed by atoms with Gasteiger partial charge in [0.1, 0.15) is 23.5 Å². The number of nitrogens with zero attached hydrogens (tertiary/aromatic N) is 4. The Balaban J connectivity index is 1.41. The van der Waals surface area contributed by atoms with Gasteiger partial charge in [-0.05, 0) is 30.3 Å². The van der Waals surface area contributed by atoms with Crippen LogP contribution >= 0.6 is 0 Å². The number of hydrogen-bond acceptors (Lipinski definition) is 7. The molecule has 1 atom stereocenters. The lowest BCUT2D eigenvalue weighted by Gasteiger charge is -2.35. The maximum absolute atomic E-state index is 14.0. The lowest BCUT2D eigenvalue weighted by atomic mass is 10.1. The number of fused-ring (bicyclic) bond motifs is 1. The van der Waals surface area contributed by atoms with Crippen molar-refractivity contribution in [3.8, 4) is 17.1 Å². The number of piperazine rings is 1. The van der Waals surface area contributed by atoms with E-state index in [1.54, 1.807) is 35.2 Å². The lowest BCUT2D eigenvalue weighted by Crippen LogP contribution is -2.49. The van der Waals surface area contributed by atoms with Gasteiger partial charge in [0.15, 0.2) is 5.82 Å². The average molecular weight is 438 g/mol. The fourth-order valence-corrected chi connectivity index (χ4v) is 4.03. The zero-order chi connectivity index (χ0) is 22.1. The largest absolute Gasteiger partial charge is 0.507 e. The number of carbonyl (C=O) groups is 1. The maximum Gasteiger partial charge on any atom is 0.410 e. The molecule has 8 nitrogen and oxygen atoms in total. The Hall–Kier alpha value is -3.46. The summed E-state index contributed by atoms with van der Waals surface area (Å²) in [4.78, 5) is 25.4. The quantitative estimate of drug-likeness (QED) is 0.672. The Kier molecular flexibility index (Phi) is 5.48. The third kappa shape index (κ3) is 4.03. The highest BCUT2D eigenvalue weighted by Gasteiger charge is 2.28. The van der Waals surface area contributed by atoms with Crippen molar-refractivity contribution >= 4 is 22.8 Å². The highest BCUT2D eigenvalue weighted by Crippen LogP contribution is 2.32. The summed E-state index contributed by atoms with van der Waals surface area (Å²) in [5.74, 6) is 0.632. The predicted molar refractivity (Wildman–Crippen MR) is 116 cm³/mol. The molecule has 2 aliphatic heterocycles. The standard InChI is InChI=1S/C23H23FN4O4/c24-15-5-6-19-18(13-15)22(26-21(25-19)17-3-1-2-4-20(17)29)27-8-10-28(11-9-27)23(30)32-16-7-12-31-14-16/h1-6,13,16,29H,7-12,14H2/t16-/m1/s1. The molecule has 0 bridgehead atoms. The van der Waals surface area contributed by atoms with Crippen molar-refractivity contribution in [1.82, 2.24) is 14.9 Å². The molecule has 166 valence electrons. The zero-order valence-corrected chi connectivity index (χ0v) is 17.4. The first-order valence-corrected chi connectivity index (χ1v) is 10.6. The van der Waals surface area contributed by atoms with E-state index in [1.165, 1.54) is 12.1 Å². The van der Waals surface area contributed by atoms with Crippen LogP contribution in [0.3, 0.4) is 0 Å². The van der Waals surface area contributed by atoms with E-state index in [0.717, 1.165) is 6.42 Å². The summed E-state index contributed by atoms with van der Waals surface area (Å²) in [6, 6.07) is 11.2. The number of anilines is 1. The number of ether oxygens (including phenoxy) is 2. The van der Waals surface area contributed by atoms with Gasteiger partial charge in [0.05, 0.1) is 24.3 Å². The van der Waals surface area contributed by atoms with Gasteiger partial charge in [-0.3, -0.25) is 0 Å². The number of carbonyl (C=O) groups excluding carboxylic acids is 1. The number of aromatic hydroxyl groups is 1. The minimum atomic E-state index is -0.376. The van der Waals surface area contributed by atoms with Gasteiger partial charge in [0.2, 0.25) is 0 Å². The second-order valence-corrected chi connectivity index (χ2v) is 7.89. The van der Waals surface area contributed by atoms with E-state index < -0.39 is 0 Å². The minimum Gasteiger partial charge on any atom is -0.507 e. The number of hydrogen-bond donors (Lipinski definition) is 1. The molecular formula is C23H23FN4O4. The molecule has 1 amide bonds. The van der Waals surface area contributed by atoms with Crippen molar-refractivity contribution in [3.05, 3.63) is 48.3 Å². The van der Waals surface area contributed by atoms with Gasteiger partial charge >= 0.3 is 6.09 Å². The first kappa shape index (κ1) is 20.4. The molecule has 1 aromatic heterocycles. The molecule has 2 aliphatic rings. The van der Waals surface area contributed by atoms with Crippen LogP contribution in [0.15, 0.2) is 42.5 Å². The number of amides is 1. The normalized spacial score (nSPS) is 18.8. The van der Waals surface area contributed by atoms with E-state index in [4.69, 9.17) is 9.47 Å². The molecule has 32 heavy (non-hydrogen) atoms. The number of halogens is 1. The summed E-state index contributed by atoms with van der Waals surface area (Å²) in [6.45, 7) is 3.00. The number of para-hydroxylation sites is 1. The van der Waals surface area contributed by atoms with Gasteiger partial charge in [0.25, 0.3) is 0 Å². The van der Waals surface area contributed by atoms with Crippen LogP contribution < -0.4 is 4.90 Å². The molecular weight excluding hydrogens is 415 g/mol. The topological polar surface area (TPSA) is 88.0 Å². The molecule has 3 heterocycles. The van der Waals surface area contributed by atoms with Crippen LogP contribution in [0.4, 0.5) is 15.0 Å². The van der Waals surface area contributed by atoms with E-state index in [2.05, 4.69) is 9.97 Å². The first-order valence-electron chi connectivity index (χ1n) is 10.6. The Labute approximate surface area is 184 Å². The van der Waals surface area contributed by atoms with Gasteiger partial charge in [-0.2, -0.15) is 0 Å². The smallest absolute Gasteiger partial charge is 0.410 e. The van der Waals surface area contributed by atoms with Crippen molar-refractivity contribution in [2.45, 2.75) is 12.5 Å². The van der Waals surface area contributed by atoms with Crippen molar-refractivity contribution in [2.24, 2.45) is 0 Å². The van der Waals surface area contributed by atoms with Crippen molar-refractivity contribution in [2.75, 3.05) is 44.3 Å². The summed E-state index contributed by atoms with van der Waals surface area (Å²) in [5, 5.41) is 10.9. The highest BCUT2D eigenvalue weighted by molar-refractivity contribution is 5.91. The number of phenols is 1. The van der Waals surface area contributed by atoms with Crippen LogP contribution in [0.2, 0.25) is 0 Å². The minimum absolute atomic E-state index is 0.0726. The monoisotopic (exact) mass is 438 g/mol. The second-order valence-electron chi connectivity index (χ2n) is 7.89. The van der Waals surface area contributed by atoms with Crippen LogP contribution in [-0.2, 0) is 9.47 Å². The number of benzene rings is 2. The lowest BCUT2D eigenvalue weighted by molar-refractivity contribution is 0.0534. The Bertz CT molecular complexity index is 1140. The molecule has 0 aliphatic carbocycles. The fraction of sp³-hybridized carbons (Fsp3) is 0.348. The Morgan fingerprint density at radius 3 is 2.69 bits per heavy atom. The van der Waals surface area contributed by atoms with E-state index in [9.17, 15) is 14.3 Å². The Morgan fingerprint density at radius 2 is 1.94 bits per heavy atom. The average Bonchev–Trinajstić information content (AvgIpc) is 3.32. The van der Waals surface area contributed by atoms with Gasteiger partial charge in [-0.1, -0.05) is 12.1 Å². The third-order valence-corrected chi connectivity index (χ3v) is 5.78. The summed E-state index contributed by atoms with van der Waals surface area (Å²) in [7, 11) is 0. The summed E-state index contributed by atoms with van der Waals surface area (Å²) in [5.41, 5.74) is 1.08.